The van der Waals surface area contributed by atoms with E-state index in [1.54, 1.807) is 30.5 Å². The maximum Gasteiger partial charge on any atom is 0.326 e. The number of unbranched alkanes of at least 4 members (excludes halogenated alkanes) is 1. The number of carboxylic acid groups (broad SMARTS) is 1. The number of amides is 1. The standard InChI is InChI=1S/C21H25N8O4P/c1-29(11-13-10-24-18-16(25-13)17(22)27-21(23)28-18)14-7-5-12(6-8-14)19(30)26-15(20(31)32)4-2-3-9-34-33/h5-8,10,15H,2-4,9,11H2,1H3,(H,26,30)(H,31,32)(H4,22,23,24,27,28). The topological polar surface area (TPSA) is 190 Å². The summed E-state index contributed by atoms with van der Waals surface area (Å²) in [5.74, 6) is -1.39. The molecule has 0 aliphatic rings. The summed E-state index contributed by atoms with van der Waals surface area (Å²) in [6, 6.07) is 5.75. The SMILES string of the molecule is CN(Cc1cnc2nc(N)nc(N)c2n1)c1ccc(C(=O)NC(CCCCP=O)C(=O)O)cc1. The van der Waals surface area contributed by atoms with Gasteiger partial charge in [0.15, 0.2) is 25.4 Å². The van der Waals surface area contributed by atoms with E-state index >= 15 is 0 Å². The van der Waals surface area contributed by atoms with Gasteiger partial charge in [-0.1, -0.05) is 6.42 Å². The molecule has 2 heterocycles. The molecule has 12 nitrogen and oxygen atoms in total. The highest BCUT2D eigenvalue weighted by Crippen LogP contribution is 2.19. The highest BCUT2D eigenvalue weighted by molar-refractivity contribution is 7.23. The van der Waals surface area contributed by atoms with E-state index < -0.39 is 17.9 Å². The number of anilines is 3. The molecule has 6 N–H and O–H groups in total. The number of nitrogens with zero attached hydrogens (tertiary/aromatic N) is 5. The van der Waals surface area contributed by atoms with Crippen molar-refractivity contribution in [2.45, 2.75) is 31.8 Å². The molecular weight excluding hydrogens is 459 g/mol. The molecule has 178 valence electrons. The highest BCUT2D eigenvalue weighted by Gasteiger charge is 2.20. The molecule has 1 atom stereocenters. The normalized spacial score (nSPS) is 11.9. The van der Waals surface area contributed by atoms with Gasteiger partial charge in [0, 0.05) is 24.5 Å². The van der Waals surface area contributed by atoms with Gasteiger partial charge >= 0.3 is 5.97 Å². The highest BCUT2D eigenvalue weighted by atomic mass is 31.1. The van der Waals surface area contributed by atoms with Gasteiger partial charge in [-0.05, 0) is 37.1 Å². The number of aliphatic carboxylic acids is 1. The molecule has 2 aromatic heterocycles. The van der Waals surface area contributed by atoms with Crippen LogP contribution in [0.15, 0.2) is 30.5 Å². The minimum Gasteiger partial charge on any atom is -0.480 e. The summed E-state index contributed by atoms with van der Waals surface area (Å²) in [5.41, 5.74) is 13.9. The molecule has 0 bridgehead atoms. The molecule has 1 aromatic carbocycles. The minimum absolute atomic E-state index is 0.0296. The van der Waals surface area contributed by atoms with E-state index in [1.165, 1.54) is 0 Å². The third kappa shape index (κ3) is 6.32. The Balaban J connectivity index is 1.64. The number of aromatic nitrogens is 4. The number of benzene rings is 1. The van der Waals surface area contributed by atoms with Crippen molar-refractivity contribution in [3.05, 3.63) is 41.7 Å². The van der Waals surface area contributed by atoms with E-state index in [2.05, 4.69) is 25.3 Å². The van der Waals surface area contributed by atoms with Crippen LogP contribution in [0.25, 0.3) is 11.2 Å². The third-order valence-electron chi connectivity index (χ3n) is 5.07. The number of carbonyl (C=O) groups excluding carboxylic acids is 1. The van der Waals surface area contributed by atoms with Crippen molar-refractivity contribution in [1.29, 1.82) is 0 Å². The van der Waals surface area contributed by atoms with E-state index in [-0.39, 0.29) is 26.6 Å². The van der Waals surface area contributed by atoms with E-state index in [4.69, 9.17) is 11.5 Å². The van der Waals surface area contributed by atoms with Crippen LogP contribution in [-0.4, -0.2) is 56.2 Å². The second-order valence-electron chi connectivity index (χ2n) is 7.62. The summed E-state index contributed by atoms with van der Waals surface area (Å²) in [4.78, 5) is 42.5. The molecule has 0 aliphatic heterocycles. The molecule has 0 fully saturated rings. The Morgan fingerprint density at radius 2 is 1.88 bits per heavy atom. The first kappa shape index (κ1) is 24.7. The van der Waals surface area contributed by atoms with Crippen molar-refractivity contribution in [3.8, 4) is 0 Å². The zero-order chi connectivity index (χ0) is 24.7. The molecule has 0 aliphatic carbocycles. The van der Waals surface area contributed by atoms with Gasteiger partial charge in [-0.15, -0.1) is 0 Å². The fourth-order valence-electron chi connectivity index (χ4n) is 3.28. The van der Waals surface area contributed by atoms with Crippen molar-refractivity contribution >= 4 is 49.0 Å². The van der Waals surface area contributed by atoms with Crippen LogP contribution in [0.3, 0.4) is 0 Å². The van der Waals surface area contributed by atoms with E-state index in [1.807, 2.05) is 11.9 Å². The maximum absolute atomic E-state index is 12.5. The lowest BCUT2D eigenvalue weighted by molar-refractivity contribution is -0.139. The van der Waals surface area contributed by atoms with E-state index in [0.29, 0.717) is 48.0 Å². The molecule has 3 aromatic rings. The maximum atomic E-state index is 12.5. The quantitative estimate of drug-likeness (QED) is 0.229. The Morgan fingerprint density at radius 1 is 1.15 bits per heavy atom. The minimum atomic E-state index is -1.10. The van der Waals surface area contributed by atoms with E-state index in [9.17, 15) is 19.3 Å². The number of hydrogen-bond acceptors (Lipinski definition) is 10. The number of fused-ring (bicyclic) bond motifs is 1. The number of carboxylic acids is 1. The van der Waals surface area contributed by atoms with Gasteiger partial charge in [0.05, 0.1) is 18.4 Å². The van der Waals surface area contributed by atoms with Gasteiger partial charge in [-0.2, -0.15) is 9.97 Å². The van der Waals surface area contributed by atoms with Crippen LogP contribution in [0, 0.1) is 0 Å². The molecule has 1 amide bonds. The second-order valence-corrected chi connectivity index (χ2v) is 8.32. The number of nitrogens with two attached hydrogens (primary N) is 2. The fraction of sp³-hybridized carbons (Fsp3) is 0.333. The first-order chi connectivity index (χ1) is 16.3. The molecular formula is C21H25N8O4P. The monoisotopic (exact) mass is 484 g/mol. The first-order valence-electron chi connectivity index (χ1n) is 10.5. The van der Waals surface area contributed by atoms with E-state index in [0.717, 1.165) is 5.69 Å². The Labute approximate surface area is 197 Å². The van der Waals surface area contributed by atoms with Gasteiger partial charge in [-0.25, -0.2) is 14.8 Å². The average molecular weight is 484 g/mol. The molecule has 0 saturated heterocycles. The predicted octanol–water partition coefficient (Wildman–Crippen LogP) is 1.87. The summed E-state index contributed by atoms with van der Waals surface area (Å²) < 4.78 is 10.5. The summed E-state index contributed by atoms with van der Waals surface area (Å²) >= 11 is 0. The largest absolute Gasteiger partial charge is 0.480 e. The zero-order valence-corrected chi connectivity index (χ0v) is 19.4. The number of hydrogen-bond donors (Lipinski definition) is 4. The third-order valence-corrected chi connectivity index (χ3v) is 5.57. The van der Waals surface area contributed by atoms with Gasteiger partial charge < -0.3 is 26.8 Å². The average Bonchev–Trinajstić information content (AvgIpc) is 2.81. The summed E-state index contributed by atoms with van der Waals surface area (Å²) in [6.45, 7) is 0.405. The predicted molar refractivity (Wildman–Crippen MR) is 128 cm³/mol. The molecule has 0 saturated carbocycles. The number of nitrogen functional groups attached to an aromatic ring is 2. The lowest BCUT2D eigenvalue weighted by atomic mass is 10.1. The Morgan fingerprint density at radius 3 is 2.56 bits per heavy atom. The number of nitrogens with one attached hydrogen (secondary N) is 1. The molecule has 3 rings (SSSR count). The summed E-state index contributed by atoms with van der Waals surface area (Å²) in [7, 11) is 1.89. The molecule has 1 unspecified atom stereocenters. The molecule has 13 heteroatoms. The lowest BCUT2D eigenvalue weighted by Crippen LogP contribution is -2.40. The number of rotatable bonds is 11. The van der Waals surface area contributed by atoms with Crippen molar-refractivity contribution in [1.82, 2.24) is 25.3 Å². The summed E-state index contributed by atoms with van der Waals surface area (Å²) in [5, 5.41) is 11.9. The first-order valence-corrected chi connectivity index (χ1v) is 11.5. The Hall–Kier alpha value is -3.92. The van der Waals surface area contributed by atoms with Crippen LogP contribution in [0.1, 0.15) is 35.3 Å². The Bertz CT molecular complexity index is 1190. The van der Waals surface area contributed by atoms with Crippen molar-refractivity contribution in [2.75, 3.05) is 29.6 Å². The van der Waals surface area contributed by atoms with Crippen LogP contribution in [-0.2, 0) is 15.9 Å². The van der Waals surface area contributed by atoms with Crippen LogP contribution >= 0.6 is 8.46 Å². The Kier molecular flexibility index (Phi) is 8.20. The van der Waals surface area contributed by atoms with Crippen molar-refractivity contribution < 1.29 is 19.3 Å². The van der Waals surface area contributed by atoms with Crippen LogP contribution < -0.4 is 21.7 Å². The summed E-state index contributed by atoms with van der Waals surface area (Å²) in [6.07, 6.45) is 3.50. The zero-order valence-electron chi connectivity index (χ0n) is 18.5. The second kappa shape index (κ2) is 11.3. The molecule has 0 spiro atoms. The fourth-order valence-corrected chi connectivity index (χ4v) is 3.64. The van der Waals surface area contributed by atoms with Crippen LogP contribution in [0.4, 0.5) is 17.5 Å². The smallest absolute Gasteiger partial charge is 0.326 e. The van der Waals surface area contributed by atoms with Gasteiger partial charge in [0.2, 0.25) is 5.95 Å². The molecule has 34 heavy (non-hydrogen) atoms. The van der Waals surface area contributed by atoms with Gasteiger partial charge in [0.25, 0.3) is 5.91 Å². The molecule has 0 radical (unpaired) electrons. The van der Waals surface area contributed by atoms with Crippen LogP contribution in [0.5, 0.6) is 0 Å². The van der Waals surface area contributed by atoms with Gasteiger partial charge in [-0.3, -0.25) is 9.36 Å². The lowest BCUT2D eigenvalue weighted by Gasteiger charge is -2.19. The van der Waals surface area contributed by atoms with Crippen molar-refractivity contribution in [2.24, 2.45) is 0 Å². The van der Waals surface area contributed by atoms with Crippen molar-refractivity contribution in [3.63, 3.8) is 0 Å². The van der Waals surface area contributed by atoms with Gasteiger partial charge in [0.1, 0.15) is 6.04 Å². The van der Waals surface area contributed by atoms with Crippen LogP contribution in [0.2, 0.25) is 0 Å². The number of carbonyl (C=O) groups is 2.